The number of halogens is 2. The van der Waals surface area contributed by atoms with Gasteiger partial charge in [-0.1, -0.05) is 20.4 Å². The lowest BCUT2D eigenvalue weighted by atomic mass is 9.72. The summed E-state index contributed by atoms with van der Waals surface area (Å²) in [5, 5.41) is 10.7. The molecule has 2 bridgehead atoms. The molecule has 6 rings (SSSR count). The summed E-state index contributed by atoms with van der Waals surface area (Å²) in [5.41, 5.74) is 0. The van der Waals surface area contributed by atoms with Crippen molar-refractivity contribution in [1.82, 2.24) is 30.7 Å². The highest BCUT2D eigenvalue weighted by Crippen LogP contribution is 2.43. The van der Waals surface area contributed by atoms with Crippen LogP contribution in [-0.4, -0.2) is 114 Å². The monoisotopic (exact) mass is 606 g/mol. The molecule has 0 aromatic carbocycles. The molecular weight excluding hydrogens is 554 g/mol. The first-order valence-corrected chi connectivity index (χ1v) is 16.8. The van der Waals surface area contributed by atoms with Gasteiger partial charge in [0.15, 0.2) is 0 Å². The highest BCUT2D eigenvalue weighted by Gasteiger charge is 2.57. The van der Waals surface area contributed by atoms with Gasteiger partial charge in [-0.25, -0.2) is 13.6 Å². The third kappa shape index (κ3) is 5.84. The number of amides is 3. The van der Waals surface area contributed by atoms with Gasteiger partial charge in [0, 0.05) is 56.2 Å². The number of alkyl halides is 2. The first-order valence-electron chi connectivity index (χ1n) is 16.8. The lowest BCUT2D eigenvalue weighted by Crippen LogP contribution is -2.80. The summed E-state index contributed by atoms with van der Waals surface area (Å²) in [5.74, 6) is -0.347. The largest absolute Gasteiger partial charge is 0.378 e. The molecule has 0 aromatic rings. The molecule has 11 heteroatoms. The summed E-state index contributed by atoms with van der Waals surface area (Å²) in [4.78, 5) is 32.8. The number of fused-ring (bicyclic) bond motifs is 5. The zero-order chi connectivity index (χ0) is 30.4. The zero-order valence-corrected chi connectivity index (χ0v) is 26.1. The standard InChI is InChI=1S/C32H52F2N6O3/c1-5-25(41)38-13-14-39(19(4)17-38)30-21-16-23(34)28-26-22(33)9-6-10-24(26)43-15-7-8-20-11-12-35-27(18(2)3)29(20)40(31(21)36-28)32(42)37-30/h5,18-24,26-31,35-36H,1,6-17H2,2-4H3,(H,37,42)/t19-,20?,21?,22?,23?,24?,26?,27?,28?,29?,30?,31?/m1/s1. The Morgan fingerprint density at radius 3 is 2.65 bits per heavy atom. The summed E-state index contributed by atoms with van der Waals surface area (Å²) in [6, 6.07) is -0.870. The molecule has 3 N–H and O–H groups in total. The number of piperazine rings is 1. The van der Waals surface area contributed by atoms with E-state index in [0.29, 0.717) is 38.6 Å². The molecule has 0 radical (unpaired) electrons. The fourth-order valence-corrected chi connectivity index (χ4v) is 9.43. The van der Waals surface area contributed by atoms with Gasteiger partial charge in [0.05, 0.1) is 24.5 Å². The van der Waals surface area contributed by atoms with Crippen LogP contribution in [0.3, 0.4) is 0 Å². The molecule has 9 nitrogen and oxygen atoms in total. The maximum Gasteiger partial charge on any atom is 0.320 e. The Labute approximate surface area is 255 Å². The third-order valence-corrected chi connectivity index (χ3v) is 11.5. The van der Waals surface area contributed by atoms with E-state index >= 15 is 8.78 Å². The number of nitrogens with zero attached hydrogens (tertiary/aromatic N) is 3. The minimum Gasteiger partial charge on any atom is -0.378 e. The molecule has 1 aliphatic carbocycles. The summed E-state index contributed by atoms with van der Waals surface area (Å²) < 4.78 is 38.6. The van der Waals surface area contributed by atoms with Crippen molar-refractivity contribution in [3.05, 3.63) is 12.7 Å². The normalized spacial score (nSPS) is 44.4. The van der Waals surface area contributed by atoms with E-state index < -0.39 is 36.6 Å². The molecule has 0 spiro atoms. The van der Waals surface area contributed by atoms with Crippen molar-refractivity contribution < 1.29 is 23.1 Å². The summed E-state index contributed by atoms with van der Waals surface area (Å²) in [6.45, 7) is 13.1. The predicted molar refractivity (Wildman–Crippen MR) is 161 cm³/mol. The number of nitrogens with one attached hydrogen (secondary N) is 3. The highest BCUT2D eigenvalue weighted by molar-refractivity contribution is 5.87. The fraction of sp³-hybridized carbons (Fsp3) is 0.875. The number of urea groups is 1. The van der Waals surface area contributed by atoms with Crippen molar-refractivity contribution in [2.45, 2.75) is 121 Å². The van der Waals surface area contributed by atoms with E-state index in [4.69, 9.17) is 4.74 Å². The van der Waals surface area contributed by atoms with Crippen LogP contribution in [0.25, 0.3) is 0 Å². The second-order valence-electron chi connectivity index (χ2n) is 14.3. The van der Waals surface area contributed by atoms with E-state index in [1.54, 1.807) is 4.90 Å². The quantitative estimate of drug-likeness (QED) is 0.429. The lowest BCUT2D eigenvalue weighted by Gasteiger charge is -2.60. The van der Waals surface area contributed by atoms with Gasteiger partial charge >= 0.3 is 6.03 Å². The number of ether oxygens (including phenoxy) is 1. The minimum atomic E-state index is -1.27. The molecule has 11 unspecified atom stereocenters. The molecule has 1 saturated carbocycles. The average molecular weight is 607 g/mol. The third-order valence-electron chi connectivity index (χ3n) is 11.5. The number of rotatable bonds is 3. The van der Waals surface area contributed by atoms with E-state index in [1.807, 2.05) is 4.90 Å². The van der Waals surface area contributed by atoms with E-state index in [1.165, 1.54) is 6.08 Å². The molecule has 43 heavy (non-hydrogen) atoms. The number of carbonyl (C=O) groups excluding carboxylic acids is 2. The van der Waals surface area contributed by atoms with Gasteiger partial charge in [0.2, 0.25) is 5.91 Å². The molecule has 6 fully saturated rings. The van der Waals surface area contributed by atoms with Crippen molar-refractivity contribution in [1.29, 1.82) is 0 Å². The maximum atomic E-state index is 16.5. The first-order chi connectivity index (χ1) is 20.7. The van der Waals surface area contributed by atoms with Gasteiger partial charge in [-0.05, 0) is 76.3 Å². The van der Waals surface area contributed by atoms with Crippen molar-refractivity contribution in [3.63, 3.8) is 0 Å². The molecule has 5 aliphatic heterocycles. The number of carbonyl (C=O) groups is 2. The van der Waals surface area contributed by atoms with Gasteiger partial charge in [-0.15, -0.1) is 0 Å². The number of piperidine rings is 2. The number of hydrogen-bond acceptors (Lipinski definition) is 6. The Bertz CT molecular complexity index is 1040. The van der Waals surface area contributed by atoms with Crippen LogP contribution in [0.1, 0.15) is 65.7 Å². The van der Waals surface area contributed by atoms with Gasteiger partial charge in [-0.3, -0.25) is 15.0 Å². The van der Waals surface area contributed by atoms with Gasteiger partial charge in [0.25, 0.3) is 0 Å². The van der Waals surface area contributed by atoms with Crippen LogP contribution >= 0.6 is 0 Å². The topological polar surface area (TPSA) is 89.2 Å². The van der Waals surface area contributed by atoms with Crippen molar-refractivity contribution in [2.75, 3.05) is 32.8 Å². The van der Waals surface area contributed by atoms with Gasteiger partial charge < -0.3 is 25.2 Å². The van der Waals surface area contributed by atoms with Crippen LogP contribution < -0.4 is 16.0 Å². The van der Waals surface area contributed by atoms with Crippen LogP contribution in [0.5, 0.6) is 0 Å². The summed E-state index contributed by atoms with van der Waals surface area (Å²) in [7, 11) is 0. The SMILES string of the molecule is C=CC(=O)N1CCN(C2NC(=O)N3C4NC(C(F)CC42)C2C(F)CCCC2OCCCC2CCNC(C(C)C)C23)[C@H](C)C1. The fourth-order valence-electron chi connectivity index (χ4n) is 9.43. The van der Waals surface area contributed by atoms with Crippen molar-refractivity contribution >= 4 is 11.9 Å². The predicted octanol–water partition coefficient (Wildman–Crippen LogP) is 3.02. The Morgan fingerprint density at radius 1 is 1.09 bits per heavy atom. The summed E-state index contributed by atoms with van der Waals surface area (Å²) in [6.07, 6.45) is 2.68. The highest BCUT2D eigenvalue weighted by atomic mass is 19.1. The Hall–Kier alpha value is -1.82. The molecule has 3 amide bonds. The molecule has 6 aliphatic rings. The van der Waals surface area contributed by atoms with Crippen molar-refractivity contribution in [2.24, 2.45) is 23.7 Å². The second-order valence-corrected chi connectivity index (χ2v) is 14.3. The van der Waals surface area contributed by atoms with Crippen LogP contribution in [0.2, 0.25) is 0 Å². The maximum absolute atomic E-state index is 16.5. The van der Waals surface area contributed by atoms with Crippen LogP contribution in [0.4, 0.5) is 13.6 Å². The van der Waals surface area contributed by atoms with Crippen LogP contribution in [0, 0.1) is 23.7 Å². The van der Waals surface area contributed by atoms with Crippen LogP contribution in [-0.2, 0) is 9.53 Å². The summed E-state index contributed by atoms with van der Waals surface area (Å²) >= 11 is 0. The molecule has 5 heterocycles. The Morgan fingerprint density at radius 2 is 1.91 bits per heavy atom. The van der Waals surface area contributed by atoms with E-state index in [0.717, 1.165) is 38.6 Å². The van der Waals surface area contributed by atoms with E-state index in [9.17, 15) is 9.59 Å². The molecular formula is C32H52F2N6O3. The van der Waals surface area contributed by atoms with Crippen molar-refractivity contribution in [3.8, 4) is 0 Å². The lowest BCUT2D eigenvalue weighted by molar-refractivity contribution is -0.134. The second kappa shape index (κ2) is 12.9. The Kier molecular flexibility index (Phi) is 9.34. The van der Waals surface area contributed by atoms with Crippen LogP contribution in [0.15, 0.2) is 12.7 Å². The van der Waals surface area contributed by atoms with Gasteiger partial charge in [-0.2, -0.15) is 0 Å². The smallest absolute Gasteiger partial charge is 0.320 e. The molecule has 12 atom stereocenters. The zero-order valence-electron chi connectivity index (χ0n) is 26.1. The van der Waals surface area contributed by atoms with E-state index in [2.05, 4.69) is 48.2 Å². The first kappa shape index (κ1) is 31.2. The number of hydrogen-bond donors (Lipinski definition) is 3. The van der Waals surface area contributed by atoms with Gasteiger partial charge in [0.1, 0.15) is 12.3 Å². The molecule has 0 aromatic heterocycles. The molecule has 5 saturated heterocycles. The Balaban J connectivity index is 1.37. The average Bonchev–Trinajstić information content (AvgIpc) is 2.98. The molecule has 242 valence electrons. The van der Waals surface area contributed by atoms with E-state index in [-0.39, 0.29) is 54.4 Å². The minimum absolute atomic E-state index is 0.0320.